The van der Waals surface area contributed by atoms with Crippen LogP contribution in [0.2, 0.25) is 0 Å². The zero-order valence-corrected chi connectivity index (χ0v) is 13.2. The Bertz CT molecular complexity index is 1080. The van der Waals surface area contributed by atoms with Crippen molar-refractivity contribution in [2.75, 3.05) is 0 Å². The third-order valence-corrected chi connectivity index (χ3v) is 4.11. The van der Waals surface area contributed by atoms with Crippen LogP contribution in [0.4, 0.5) is 0 Å². The highest BCUT2D eigenvalue weighted by molar-refractivity contribution is 5.89. The zero-order chi connectivity index (χ0) is 16.5. The van der Waals surface area contributed by atoms with Gasteiger partial charge in [0.25, 0.3) is 5.56 Å². The third kappa shape index (κ3) is 2.48. The molecule has 0 atom stereocenters. The van der Waals surface area contributed by atoms with E-state index in [9.17, 15) is 4.79 Å². The van der Waals surface area contributed by atoms with Crippen LogP contribution in [0.15, 0.2) is 77.9 Å². The molecule has 4 nitrogen and oxygen atoms in total. The van der Waals surface area contributed by atoms with Gasteiger partial charge >= 0.3 is 0 Å². The number of hydrogen-bond donors (Lipinski definition) is 0. The molecule has 2 aromatic carbocycles. The Hall–Kier alpha value is -3.27. The maximum absolute atomic E-state index is 12.1. The Morgan fingerprint density at radius 2 is 1.58 bits per heavy atom. The number of benzene rings is 2. The minimum Gasteiger partial charge on any atom is -0.268 e. The molecule has 0 amide bonds. The fourth-order valence-corrected chi connectivity index (χ4v) is 2.84. The van der Waals surface area contributed by atoms with Crippen LogP contribution in [-0.4, -0.2) is 14.8 Å². The number of rotatable bonds is 2. The second-order valence-corrected chi connectivity index (χ2v) is 5.67. The van der Waals surface area contributed by atoms with Crippen LogP contribution >= 0.6 is 0 Å². The summed E-state index contributed by atoms with van der Waals surface area (Å²) in [6, 6.07) is 19.8. The van der Waals surface area contributed by atoms with Crippen molar-refractivity contribution in [2.24, 2.45) is 7.05 Å². The zero-order valence-electron chi connectivity index (χ0n) is 13.2. The van der Waals surface area contributed by atoms with Crippen molar-refractivity contribution in [3.05, 3.63) is 83.4 Å². The van der Waals surface area contributed by atoms with Gasteiger partial charge in [-0.25, -0.2) is 4.68 Å². The van der Waals surface area contributed by atoms with Crippen molar-refractivity contribution >= 4 is 10.8 Å². The number of fused-ring (bicyclic) bond motifs is 1. The van der Waals surface area contributed by atoms with Gasteiger partial charge in [0.1, 0.15) is 0 Å². The standard InChI is InChI=1S/C20H15N3O/c1-23-19(24)13-18(15-8-10-21-11-9-15)20(22-23)17-7-6-14-4-2-3-5-16(14)12-17/h2-13H,1H3. The van der Waals surface area contributed by atoms with Gasteiger partial charge in [0.15, 0.2) is 0 Å². The van der Waals surface area contributed by atoms with Crippen LogP contribution < -0.4 is 5.56 Å². The fraction of sp³-hybridized carbons (Fsp3) is 0.0500. The largest absolute Gasteiger partial charge is 0.268 e. The van der Waals surface area contributed by atoms with E-state index >= 15 is 0 Å². The SMILES string of the molecule is Cn1nc(-c2ccc3ccccc3c2)c(-c2ccncc2)cc1=O. The maximum atomic E-state index is 12.1. The molecule has 4 aromatic rings. The van der Waals surface area contributed by atoms with Crippen molar-refractivity contribution in [1.82, 2.24) is 14.8 Å². The first kappa shape index (κ1) is 14.3. The van der Waals surface area contributed by atoms with E-state index in [0.29, 0.717) is 0 Å². The molecular formula is C20H15N3O. The van der Waals surface area contributed by atoms with Crippen LogP contribution in [0.5, 0.6) is 0 Å². The first-order chi connectivity index (χ1) is 11.7. The molecule has 0 unspecified atom stereocenters. The Kier molecular flexibility index (Phi) is 3.43. The van der Waals surface area contributed by atoms with Gasteiger partial charge in [-0.15, -0.1) is 0 Å². The summed E-state index contributed by atoms with van der Waals surface area (Å²) in [4.78, 5) is 16.1. The molecule has 0 aliphatic carbocycles. The van der Waals surface area contributed by atoms with E-state index in [4.69, 9.17) is 0 Å². The van der Waals surface area contributed by atoms with Gasteiger partial charge in [0, 0.05) is 36.6 Å². The lowest BCUT2D eigenvalue weighted by molar-refractivity contribution is 0.713. The highest BCUT2D eigenvalue weighted by Gasteiger charge is 2.12. The molecule has 0 saturated carbocycles. The van der Waals surface area contributed by atoms with E-state index in [1.165, 1.54) is 10.1 Å². The second-order valence-electron chi connectivity index (χ2n) is 5.67. The summed E-state index contributed by atoms with van der Waals surface area (Å²) >= 11 is 0. The van der Waals surface area contributed by atoms with E-state index in [0.717, 1.165) is 27.8 Å². The average molecular weight is 313 g/mol. The van der Waals surface area contributed by atoms with E-state index < -0.39 is 0 Å². The van der Waals surface area contributed by atoms with Crippen LogP contribution in [0.3, 0.4) is 0 Å². The topological polar surface area (TPSA) is 47.8 Å². The monoisotopic (exact) mass is 313 g/mol. The summed E-state index contributed by atoms with van der Waals surface area (Å²) in [6.07, 6.45) is 3.44. The van der Waals surface area contributed by atoms with Gasteiger partial charge in [-0.1, -0.05) is 36.4 Å². The predicted octanol–water partition coefficient (Wildman–Crippen LogP) is 3.66. The van der Waals surface area contributed by atoms with E-state index in [2.05, 4.69) is 34.3 Å². The molecule has 0 radical (unpaired) electrons. The van der Waals surface area contributed by atoms with Crippen molar-refractivity contribution in [3.63, 3.8) is 0 Å². The number of pyridine rings is 1. The molecule has 2 heterocycles. The Labute approximate surface area is 139 Å². The molecule has 4 heteroatoms. The van der Waals surface area contributed by atoms with Crippen molar-refractivity contribution in [2.45, 2.75) is 0 Å². The molecule has 0 aliphatic rings. The molecule has 4 rings (SSSR count). The summed E-state index contributed by atoms with van der Waals surface area (Å²) in [5.74, 6) is 0. The Balaban J connectivity index is 1.99. The predicted molar refractivity (Wildman–Crippen MR) is 95.7 cm³/mol. The average Bonchev–Trinajstić information content (AvgIpc) is 2.64. The summed E-state index contributed by atoms with van der Waals surface area (Å²) in [5, 5.41) is 6.83. The van der Waals surface area contributed by atoms with Crippen LogP contribution in [-0.2, 0) is 7.05 Å². The summed E-state index contributed by atoms with van der Waals surface area (Å²) in [6.45, 7) is 0. The first-order valence-corrected chi connectivity index (χ1v) is 7.70. The van der Waals surface area contributed by atoms with E-state index in [1.807, 2.05) is 30.3 Å². The van der Waals surface area contributed by atoms with Gasteiger partial charge in [-0.05, 0) is 34.5 Å². The Morgan fingerprint density at radius 3 is 2.38 bits per heavy atom. The highest BCUT2D eigenvalue weighted by atomic mass is 16.1. The molecular weight excluding hydrogens is 298 g/mol. The number of aromatic nitrogens is 3. The first-order valence-electron chi connectivity index (χ1n) is 7.70. The fourth-order valence-electron chi connectivity index (χ4n) is 2.84. The maximum Gasteiger partial charge on any atom is 0.267 e. The molecule has 0 N–H and O–H groups in total. The molecule has 2 aromatic heterocycles. The minimum absolute atomic E-state index is 0.133. The molecule has 116 valence electrons. The highest BCUT2D eigenvalue weighted by Crippen LogP contribution is 2.30. The van der Waals surface area contributed by atoms with Crippen molar-refractivity contribution in [1.29, 1.82) is 0 Å². The minimum atomic E-state index is -0.133. The van der Waals surface area contributed by atoms with Crippen LogP contribution in [0.25, 0.3) is 33.2 Å². The lowest BCUT2D eigenvalue weighted by Gasteiger charge is -2.11. The molecule has 0 fully saturated rings. The number of hydrogen-bond acceptors (Lipinski definition) is 3. The summed E-state index contributed by atoms with van der Waals surface area (Å²) < 4.78 is 1.37. The Morgan fingerprint density at radius 1 is 0.833 bits per heavy atom. The normalized spacial score (nSPS) is 10.9. The van der Waals surface area contributed by atoms with Gasteiger partial charge < -0.3 is 0 Å². The molecule has 24 heavy (non-hydrogen) atoms. The second kappa shape index (κ2) is 5.74. The van der Waals surface area contributed by atoms with Gasteiger partial charge in [-0.2, -0.15) is 5.10 Å². The van der Waals surface area contributed by atoms with Crippen molar-refractivity contribution in [3.8, 4) is 22.4 Å². The molecule has 0 spiro atoms. The van der Waals surface area contributed by atoms with E-state index in [-0.39, 0.29) is 5.56 Å². The third-order valence-electron chi connectivity index (χ3n) is 4.11. The molecule has 0 aliphatic heterocycles. The summed E-state index contributed by atoms with van der Waals surface area (Å²) in [7, 11) is 1.67. The van der Waals surface area contributed by atoms with Gasteiger partial charge in [-0.3, -0.25) is 9.78 Å². The molecule has 0 saturated heterocycles. The lowest BCUT2D eigenvalue weighted by Crippen LogP contribution is -2.19. The lowest BCUT2D eigenvalue weighted by atomic mass is 9.99. The quantitative estimate of drug-likeness (QED) is 0.567. The van der Waals surface area contributed by atoms with Crippen LogP contribution in [0, 0.1) is 0 Å². The number of nitrogens with zero attached hydrogens (tertiary/aromatic N) is 3. The van der Waals surface area contributed by atoms with Crippen LogP contribution in [0.1, 0.15) is 0 Å². The smallest absolute Gasteiger partial charge is 0.267 e. The van der Waals surface area contributed by atoms with Gasteiger partial charge in [0.05, 0.1) is 5.69 Å². The van der Waals surface area contributed by atoms with E-state index in [1.54, 1.807) is 25.5 Å². The summed E-state index contributed by atoms with van der Waals surface area (Å²) in [5.41, 5.74) is 3.38. The number of aryl methyl sites for hydroxylation is 1. The van der Waals surface area contributed by atoms with Gasteiger partial charge in [0.2, 0.25) is 0 Å². The molecule has 0 bridgehead atoms. The van der Waals surface area contributed by atoms with Crippen molar-refractivity contribution < 1.29 is 0 Å².